The second kappa shape index (κ2) is 5.97. The molecule has 17 heavy (non-hydrogen) atoms. The summed E-state index contributed by atoms with van der Waals surface area (Å²) in [6.07, 6.45) is 2.76. The molecule has 1 aromatic heterocycles. The number of aromatic nitrogens is 2. The summed E-state index contributed by atoms with van der Waals surface area (Å²) in [5.41, 5.74) is 5.90. The molecule has 1 heterocycles. The third kappa shape index (κ3) is 4.21. The van der Waals surface area contributed by atoms with Crippen molar-refractivity contribution in [1.29, 1.82) is 0 Å². The lowest BCUT2D eigenvalue weighted by Crippen LogP contribution is -2.39. The number of nitrogens with zero attached hydrogens (tertiary/aromatic N) is 2. The number of aliphatic carboxylic acids is 1. The van der Waals surface area contributed by atoms with Crippen molar-refractivity contribution >= 4 is 17.6 Å². The van der Waals surface area contributed by atoms with E-state index >= 15 is 0 Å². The van der Waals surface area contributed by atoms with Crippen molar-refractivity contribution < 1.29 is 19.4 Å². The summed E-state index contributed by atoms with van der Waals surface area (Å²) < 4.78 is 5.93. The summed E-state index contributed by atoms with van der Waals surface area (Å²) >= 11 is 0. The fourth-order valence-corrected chi connectivity index (χ4v) is 1.14. The van der Waals surface area contributed by atoms with Crippen molar-refractivity contribution in [2.75, 3.05) is 19.0 Å². The van der Waals surface area contributed by atoms with Gasteiger partial charge in [-0.1, -0.05) is 0 Å². The van der Waals surface area contributed by atoms with Gasteiger partial charge in [-0.2, -0.15) is 5.10 Å². The maximum atomic E-state index is 11.5. The number of ether oxygens (including phenoxy) is 1. The van der Waals surface area contributed by atoms with Crippen molar-refractivity contribution in [3.8, 4) is 0 Å². The average Bonchev–Trinajstić information content (AvgIpc) is 2.64. The molecule has 0 fully saturated rings. The van der Waals surface area contributed by atoms with E-state index in [1.54, 1.807) is 0 Å². The van der Waals surface area contributed by atoms with Gasteiger partial charge in [-0.05, 0) is 0 Å². The van der Waals surface area contributed by atoms with Gasteiger partial charge in [0, 0.05) is 13.3 Å². The second-order valence-electron chi connectivity index (χ2n) is 3.37. The van der Waals surface area contributed by atoms with Crippen LogP contribution < -0.4 is 11.1 Å². The molecule has 1 unspecified atom stereocenters. The predicted molar refractivity (Wildman–Crippen MR) is 58.3 cm³/mol. The molecule has 0 bridgehead atoms. The van der Waals surface area contributed by atoms with Gasteiger partial charge in [0.1, 0.15) is 12.6 Å². The standard InChI is InChI=1S/C9H14N4O4/c1-17-5-7(10)9(16)12-6-2-11-13(3-6)4-8(14)15/h2-3,7H,4-5,10H2,1H3,(H,12,16)(H,14,15). The monoisotopic (exact) mass is 242 g/mol. The average molecular weight is 242 g/mol. The smallest absolute Gasteiger partial charge is 0.325 e. The van der Waals surface area contributed by atoms with Gasteiger partial charge in [0.25, 0.3) is 0 Å². The molecule has 1 aromatic rings. The lowest BCUT2D eigenvalue weighted by atomic mass is 10.3. The van der Waals surface area contributed by atoms with Crippen LogP contribution in [0.4, 0.5) is 5.69 Å². The van der Waals surface area contributed by atoms with Gasteiger partial charge in [-0.15, -0.1) is 0 Å². The molecule has 0 radical (unpaired) electrons. The first-order valence-corrected chi connectivity index (χ1v) is 4.82. The summed E-state index contributed by atoms with van der Waals surface area (Å²) in [5, 5.41) is 14.8. The lowest BCUT2D eigenvalue weighted by molar-refractivity contribution is -0.137. The van der Waals surface area contributed by atoms with E-state index in [2.05, 4.69) is 10.4 Å². The molecule has 1 atom stereocenters. The topological polar surface area (TPSA) is 119 Å². The maximum Gasteiger partial charge on any atom is 0.325 e. The Morgan fingerprint density at radius 2 is 2.41 bits per heavy atom. The Kier molecular flexibility index (Phi) is 4.61. The van der Waals surface area contributed by atoms with E-state index in [4.69, 9.17) is 15.6 Å². The van der Waals surface area contributed by atoms with Gasteiger partial charge in [-0.3, -0.25) is 14.3 Å². The number of carboxylic acids is 1. The minimum absolute atomic E-state index is 0.106. The third-order valence-corrected chi connectivity index (χ3v) is 1.88. The van der Waals surface area contributed by atoms with Crippen LogP contribution in [-0.4, -0.2) is 46.5 Å². The van der Waals surface area contributed by atoms with Crippen LogP contribution in [0.25, 0.3) is 0 Å². The van der Waals surface area contributed by atoms with Gasteiger partial charge in [-0.25, -0.2) is 0 Å². The van der Waals surface area contributed by atoms with Gasteiger partial charge < -0.3 is 20.9 Å². The number of rotatable bonds is 6. The molecule has 4 N–H and O–H groups in total. The number of nitrogens with one attached hydrogen (secondary N) is 1. The Balaban J connectivity index is 2.54. The summed E-state index contributed by atoms with van der Waals surface area (Å²) in [7, 11) is 1.44. The van der Waals surface area contributed by atoms with Crippen LogP contribution >= 0.6 is 0 Å². The van der Waals surface area contributed by atoms with Gasteiger partial charge in [0.05, 0.1) is 18.5 Å². The van der Waals surface area contributed by atoms with E-state index in [1.165, 1.54) is 24.2 Å². The van der Waals surface area contributed by atoms with Crippen LogP contribution in [0, 0.1) is 0 Å². The largest absolute Gasteiger partial charge is 0.480 e. The second-order valence-corrected chi connectivity index (χ2v) is 3.37. The minimum Gasteiger partial charge on any atom is -0.480 e. The highest BCUT2D eigenvalue weighted by molar-refractivity contribution is 5.94. The van der Waals surface area contributed by atoms with Crippen molar-refractivity contribution in [2.24, 2.45) is 5.73 Å². The Hall–Kier alpha value is -1.93. The zero-order chi connectivity index (χ0) is 12.8. The molecule has 1 amide bonds. The normalized spacial score (nSPS) is 12.1. The molecule has 0 spiro atoms. The summed E-state index contributed by atoms with van der Waals surface area (Å²) in [5.74, 6) is -1.43. The molecule has 0 aliphatic carbocycles. The molecular formula is C9H14N4O4. The lowest BCUT2D eigenvalue weighted by Gasteiger charge is -2.09. The van der Waals surface area contributed by atoms with Crippen molar-refractivity contribution in [2.45, 2.75) is 12.6 Å². The van der Waals surface area contributed by atoms with Crippen LogP contribution in [0.15, 0.2) is 12.4 Å². The van der Waals surface area contributed by atoms with E-state index in [0.29, 0.717) is 5.69 Å². The van der Waals surface area contributed by atoms with Crippen LogP contribution in [0.3, 0.4) is 0 Å². The summed E-state index contributed by atoms with van der Waals surface area (Å²) in [4.78, 5) is 21.9. The van der Waals surface area contributed by atoms with E-state index in [-0.39, 0.29) is 13.2 Å². The first-order valence-electron chi connectivity index (χ1n) is 4.82. The Labute approximate surface area is 97.3 Å². The predicted octanol–water partition coefficient (Wildman–Crippen LogP) is -1.12. The van der Waals surface area contributed by atoms with Crippen LogP contribution in [0.1, 0.15) is 0 Å². The van der Waals surface area contributed by atoms with Crippen LogP contribution in [0.5, 0.6) is 0 Å². The maximum absolute atomic E-state index is 11.5. The quantitative estimate of drug-likeness (QED) is 0.581. The number of hydrogen-bond acceptors (Lipinski definition) is 5. The molecule has 0 saturated heterocycles. The van der Waals surface area contributed by atoms with Gasteiger partial charge >= 0.3 is 5.97 Å². The zero-order valence-corrected chi connectivity index (χ0v) is 9.29. The molecule has 1 rings (SSSR count). The van der Waals surface area contributed by atoms with Gasteiger partial charge in [0.15, 0.2) is 0 Å². The molecule has 0 aromatic carbocycles. The number of hydrogen-bond donors (Lipinski definition) is 3. The minimum atomic E-state index is -1.01. The van der Waals surface area contributed by atoms with E-state index in [9.17, 15) is 9.59 Å². The highest BCUT2D eigenvalue weighted by Gasteiger charge is 2.14. The van der Waals surface area contributed by atoms with E-state index in [0.717, 1.165) is 0 Å². The number of nitrogens with two attached hydrogens (primary N) is 1. The number of carbonyl (C=O) groups excluding carboxylic acids is 1. The first kappa shape index (κ1) is 13.1. The Bertz CT molecular complexity index is 403. The SMILES string of the molecule is COCC(N)C(=O)Nc1cnn(CC(=O)O)c1. The number of carbonyl (C=O) groups is 2. The van der Waals surface area contributed by atoms with Crippen molar-refractivity contribution in [3.05, 3.63) is 12.4 Å². The van der Waals surface area contributed by atoms with Crippen molar-refractivity contribution in [3.63, 3.8) is 0 Å². The number of methoxy groups -OCH3 is 1. The Morgan fingerprint density at radius 1 is 1.71 bits per heavy atom. The third-order valence-electron chi connectivity index (χ3n) is 1.88. The Morgan fingerprint density at radius 3 is 3.00 bits per heavy atom. The fourth-order valence-electron chi connectivity index (χ4n) is 1.14. The van der Waals surface area contributed by atoms with Crippen LogP contribution in [-0.2, 0) is 20.9 Å². The molecule has 94 valence electrons. The van der Waals surface area contributed by atoms with Crippen LogP contribution in [0.2, 0.25) is 0 Å². The number of carboxylic acid groups (broad SMARTS) is 1. The molecule has 8 heteroatoms. The number of anilines is 1. The van der Waals surface area contributed by atoms with E-state index < -0.39 is 17.9 Å². The van der Waals surface area contributed by atoms with Crippen molar-refractivity contribution in [1.82, 2.24) is 9.78 Å². The summed E-state index contributed by atoms with van der Waals surface area (Å²) in [6.45, 7) is -0.158. The van der Waals surface area contributed by atoms with Gasteiger partial charge in [0.2, 0.25) is 5.91 Å². The molecular weight excluding hydrogens is 228 g/mol. The summed E-state index contributed by atoms with van der Waals surface area (Å²) in [6, 6.07) is -0.775. The molecule has 0 saturated carbocycles. The highest BCUT2D eigenvalue weighted by Crippen LogP contribution is 2.05. The fraction of sp³-hybridized carbons (Fsp3) is 0.444. The first-order chi connectivity index (χ1) is 8.02. The zero-order valence-electron chi connectivity index (χ0n) is 9.29. The molecule has 0 aliphatic rings. The molecule has 8 nitrogen and oxygen atoms in total. The highest BCUT2D eigenvalue weighted by atomic mass is 16.5. The van der Waals surface area contributed by atoms with E-state index in [1.807, 2.05) is 0 Å². The molecule has 0 aliphatic heterocycles. The number of amides is 1.